The van der Waals surface area contributed by atoms with E-state index in [1.165, 1.54) is 17.7 Å². The first-order valence-electron chi connectivity index (χ1n) is 10.2. The molecule has 3 N–H and O–H groups in total. The lowest BCUT2D eigenvalue weighted by Crippen LogP contribution is -2.45. The van der Waals surface area contributed by atoms with Gasteiger partial charge >= 0.3 is 0 Å². The molecule has 3 rings (SSSR count). The van der Waals surface area contributed by atoms with Gasteiger partial charge in [0.05, 0.1) is 11.3 Å². The zero-order valence-corrected chi connectivity index (χ0v) is 18.2. The van der Waals surface area contributed by atoms with Gasteiger partial charge in [0.1, 0.15) is 0 Å². The van der Waals surface area contributed by atoms with Gasteiger partial charge in [0.25, 0.3) is 0 Å². The average Bonchev–Trinajstić information content (AvgIpc) is 2.73. The minimum absolute atomic E-state index is 0.0407. The van der Waals surface area contributed by atoms with Crippen molar-refractivity contribution >= 4 is 15.9 Å². The fourth-order valence-electron chi connectivity index (χ4n) is 3.53. The van der Waals surface area contributed by atoms with Crippen LogP contribution in [0.2, 0.25) is 0 Å². The number of benzene rings is 2. The molecule has 1 fully saturated rings. The van der Waals surface area contributed by atoms with E-state index < -0.39 is 10.0 Å². The molecule has 162 valence electrons. The Morgan fingerprint density at radius 2 is 1.43 bits per heavy atom. The van der Waals surface area contributed by atoms with Crippen molar-refractivity contribution in [1.29, 1.82) is 0 Å². The van der Waals surface area contributed by atoms with Crippen LogP contribution in [0, 0.1) is 0 Å². The molecule has 8 heteroatoms. The first kappa shape index (κ1) is 22.4. The zero-order chi connectivity index (χ0) is 21.6. The van der Waals surface area contributed by atoms with E-state index in [1.54, 1.807) is 12.1 Å². The molecule has 1 aliphatic heterocycles. The lowest BCUT2D eigenvalue weighted by molar-refractivity contribution is -0.120. The van der Waals surface area contributed by atoms with Gasteiger partial charge in [-0.3, -0.25) is 9.69 Å². The van der Waals surface area contributed by atoms with Crippen LogP contribution in [0.15, 0.2) is 53.4 Å². The number of sulfonamides is 1. The molecular formula is C22H30N4O3S. The highest BCUT2D eigenvalue weighted by atomic mass is 32.2. The number of carbonyl (C=O) groups excluding carboxylic acids is 1. The van der Waals surface area contributed by atoms with Crippen molar-refractivity contribution in [3.63, 3.8) is 0 Å². The number of nitrogens with two attached hydrogens (primary N) is 1. The molecule has 0 aromatic heterocycles. The molecule has 0 aliphatic carbocycles. The quantitative estimate of drug-likeness (QED) is 0.659. The molecule has 0 saturated carbocycles. The number of nitrogens with one attached hydrogen (secondary N) is 1. The Morgan fingerprint density at radius 1 is 0.900 bits per heavy atom. The van der Waals surface area contributed by atoms with Crippen LogP contribution in [-0.4, -0.2) is 56.8 Å². The van der Waals surface area contributed by atoms with Crippen molar-refractivity contribution in [2.45, 2.75) is 31.3 Å². The van der Waals surface area contributed by atoms with Gasteiger partial charge < -0.3 is 10.2 Å². The molecule has 0 atom stereocenters. The third kappa shape index (κ3) is 6.63. The topological polar surface area (TPSA) is 95.7 Å². The Hall–Kier alpha value is -2.26. The summed E-state index contributed by atoms with van der Waals surface area (Å²) >= 11 is 0. The summed E-state index contributed by atoms with van der Waals surface area (Å²) in [5.74, 6) is -0.115. The van der Waals surface area contributed by atoms with Gasteiger partial charge in [0.2, 0.25) is 15.9 Å². The number of likely N-dealkylation sites (N-methyl/N-ethyl adjacent to an activating group) is 1. The highest BCUT2D eigenvalue weighted by Crippen LogP contribution is 2.11. The smallest absolute Gasteiger partial charge is 0.238 e. The van der Waals surface area contributed by atoms with E-state index in [2.05, 4.69) is 46.3 Å². The number of primary sulfonamides is 1. The van der Waals surface area contributed by atoms with E-state index in [0.29, 0.717) is 6.54 Å². The van der Waals surface area contributed by atoms with E-state index in [4.69, 9.17) is 5.14 Å². The summed E-state index contributed by atoms with van der Waals surface area (Å²) in [5, 5.41) is 7.99. The summed E-state index contributed by atoms with van der Waals surface area (Å²) in [4.78, 5) is 17.2. The minimum atomic E-state index is -3.72. The number of piperazine rings is 1. The number of rotatable bonds is 8. The summed E-state index contributed by atoms with van der Waals surface area (Å²) in [6.07, 6.45) is 0.187. The maximum atomic E-state index is 12.2. The second-order valence-electron chi connectivity index (χ2n) is 7.67. The molecule has 1 heterocycles. The van der Waals surface area contributed by atoms with E-state index in [0.717, 1.165) is 50.4 Å². The summed E-state index contributed by atoms with van der Waals surface area (Å²) in [5.41, 5.74) is 3.07. The van der Waals surface area contributed by atoms with Crippen LogP contribution < -0.4 is 10.5 Å². The van der Waals surface area contributed by atoms with Crippen LogP contribution in [-0.2, 0) is 34.3 Å². The van der Waals surface area contributed by atoms with Gasteiger partial charge in [-0.2, -0.15) is 0 Å². The molecule has 1 amide bonds. The summed E-state index contributed by atoms with van der Waals surface area (Å²) in [6.45, 7) is 9.21. The Morgan fingerprint density at radius 3 is 2.00 bits per heavy atom. The summed E-state index contributed by atoms with van der Waals surface area (Å²) in [6, 6.07) is 14.4. The Labute approximate surface area is 178 Å². The fourth-order valence-corrected chi connectivity index (χ4v) is 4.05. The number of amides is 1. The zero-order valence-electron chi connectivity index (χ0n) is 17.4. The first-order valence-corrected chi connectivity index (χ1v) is 11.8. The molecule has 0 bridgehead atoms. The van der Waals surface area contributed by atoms with Crippen molar-refractivity contribution in [3.05, 3.63) is 65.2 Å². The lowest BCUT2D eigenvalue weighted by Gasteiger charge is -2.34. The van der Waals surface area contributed by atoms with Crippen LogP contribution in [0.3, 0.4) is 0 Å². The molecule has 30 heavy (non-hydrogen) atoms. The molecule has 1 aliphatic rings. The van der Waals surface area contributed by atoms with Crippen molar-refractivity contribution in [3.8, 4) is 0 Å². The standard InChI is InChI=1S/C22H30N4O3S/c1-2-25-11-13-26(14-12-25)17-20-5-3-19(4-6-20)16-24-22(27)15-18-7-9-21(10-8-18)30(23,28)29/h3-10H,2,11-17H2,1H3,(H,24,27)(H2,23,28,29). The molecule has 2 aromatic rings. The SMILES string of the molecule is CCN1CCN(Cc2ccc(CNC(=O)Cc3ccc(S(N)(=O)=O)cc3)cc2)CC1. The van der Waals surface area contributed by atoms with Gasteiger partial charge in [-0.15, -0.1) is 0 Å². The van der Waals surface area contributed by atoms with Gasteiger partial charge in [-0.1, -0.05) is 43.3 Å². The molecule has 1 saturated heterocycles. The molecule has 0 radical (unpaired) electrons. The Bertz CT molecular complexity index is 935. The molecule has 0 spiro atoms. The largest absolute Gasteiger partial charge is 0.352 e. The van der Waals surface area contributed by atoms with Gasteiger partial charge in [-0.05, 0) is 35.4 Å². The maximum absolute atomic E-state index is 12.2. The van der Waals surface area contributed by atoms with Gasteiger partial charge in [-0.25, -0.2) is 13.6 Å². The van der Waals surface area contributed by atoms with Gasteiger partial charge in [0.15, 0.2) is 0 Å². The van der Waals surface area contributed by atoms with E-state index >= 15 is 0 Å². The number of hydrogen-bond acceptors (Lipinski definition) is 5. The van der Waals surface area contributed by atoms with Crippen LogP contribution in [0.4, 0.5) is 0 Å². The highest BCUT2D eigenvalue weighted by molar-refractivity contribution is 7.89. The van der Waals surface area contributed by atoms with Crippen molar-refractivity contribution < 1.29 is 13.2 Å². The minimum Gasteiger partial charge on any atom is -0.352 e. The second-order valence-corrected chi connectivity index (χ2v) is 9.23. The molecular weight excluding hydrogens is 400 g/mol. The van der Waals surface area contributed by atoms with E-state index in [9.17, 15) is 13.2 Å². The third-order valence-electron chi connectivity index (χ3n) is 5.45. The van der Waals surface area contributed by atoms with Gasteiger partial charge in [0, 0.05) is 39.3 Å². The Kier molecular flexibility index (Phi) is 7.60. The maximum Gasteiger partial charge on any atom is 0.238 e. The van der Waals surface area contributed by atoms with Crippen LogP contribution in [0.1, 0.15) is 23.6 Å². The first-order chi connectivity index (χ1) is 14.3. The Balaban J connectivity index is 1.44. The highest BCUT2D eigenvalue weighted by Gasteiger charge is 2.15. The lowest BCUT2D eigenvalue weighted by atomic mass is 10.1. The van der Waals surface area contributed by atoms with Crippen molar-refractivity contribution in [1.82, 2.24) is 15.1 Å². The molecule has 0 unspecified atom stereocenters. The number of nitrogens with zero attached hydrogens (tertiary/aromatic N) is 2. The third-order valence-corrected chi connectivity index (χ3v) is 6.38. The predicted octanol–water partition coefficient (Wildman–Crippen LogP) is 1.33. The summed E-state index contributed by atoms with van der Waals surface area (Å²) in [7, 11) is -3.72. The van der Waals surface area contributed by atoms with E-state index in [1.807, 2.05) is 0 Å². The van der Waals surface area contributed by atoms with Crippen molar-refractivity contribution in [2.24, 2.45) is 5.14 Å². The van der Waals surface area contributed by atoms with Crippen LogP contribution >= 0.6 is 0 Å². The predicted molar refractivity (Wildman–Crippen MR) is 117 cm³/mol. The normalized spacial score (nSPS) is 15.8. The monoisotopic (exact) mass is 430 g/mol. The fraction of sp³-hybridized carbons (Fsp3) is 0.409. The summed E-state index contributed by atoms with van der Waals surface area (Å²) < 4.78 is 22.6. The van der Waals surface area contributed by atoms with Crippen molar-refractivity contribution in [2.75, 3.05) is 32.7 Å². The van der Waals surface area contributed by atoms with Crippen LogP contribution in [0.5, 0.6) is 0 Å². The van der Waals surface area contributed by atoms with E-state index in [-0.39, 0.29) is 17.2 Å². The molecule has 7 nitrogen and oxygen atoms in total. The number of hydrogen-bond donors (Lipinski definition) is 2. The number of carbonyl (C=O) groups is 1. The second kappa shape index (κ2) is 10.2. The molecule has 2 aromatic carbocycles. The van der Waals surface area contributed by atoms with Crippen LogP contribution in [0.25, 0.3) is 0 Å². The average molecular weight is 431 g/mol.